The Morgan fingerprint density at radius 1 is 0.897 bits per heavy atom. The van der Waals surface area contributed by atoms with Crippen molar-refractivity contribution in [3.8, 4) is 11.9 Å². The lowest BCUT2D eigenvalue weighted by atomic mass is 9.72. The molecule has 1 aromatic carbocycles. The third-order valence-electron chi connectivity index (χ3n) is 10.8. The van der Waals surface area contributed by atoms with Gasteiger partial charge in [0.25, 0.3) is 11.8 Å². The minimum atomic E-state index is -1.02. The number of hydrogen-bond donors (Lipinski definition) is 3. The molecule has 17 heteroatoms. The Bertz CT molecular complexity index is 2290. The van der Waals surface area contributed by atoms with Gasteiger partial charge >= 0.3 is 0 Å². The molecule has 0 bridgehead atoms. The van der Waals surface area contributed by atoms with Gasteiger partial charge in [0.05, 0.1) is 67.2 Å². The van der Waals surface area contributed by atoms with Crippen molar-refractivity contribution in [2.45, 2.75) is 57.0 Å². The van der Waals surface area contributed by atoms with Gasteiger partial charge < -0.3 is 24.8 Å². The van der Waals surface area contributed by atoms with Gasteiger partial charge in [-0.15, -0.1) is 0 Å². The average Bonchev–Trinajstić information content (AvgIpc) is 3.86. The van der Waals surface area contributed by atoms with Gasteiger partial charge in [0.1, 0.15) is 12.1 Å². The van der Waals surface area contributed by atoms with Crippen LogP contribution in [0.3, 0.4) is 0 Å². The van der Waals surface area contributed by atoms with Crippen molar-refractivity contribution < 1.29 is 38.2 Å². The molecule has 1 saturated heterocycles. The summed E-state index contributed by atoms with van der Waals surface area (Å²) >= 11 is 0. The SMILES string of the molecule is N#Cc1cnc2c(cnn2-c2cc(NC3CC3)c(C(=O)CC3CC(COCCOCCOCCNc4cccc5c4C(=O)N(C4CCC(=O)NC4=O)C5=O)C3)cn2)c1. The van der Waals surface area contributed by atoms with Gasteiger partial charge in [0.2, 0.25) is 11.8 Å². The van der Waals surface area contributed by atoms with Crippen LogP contribution in [-0.2, 0) is 23.8 Å². The Morgan fingerprint density at radius 3 is 2.47 bits per heavy atom. The number of carbonyl (C=O) groups is 5. The first-order valence-electron chi connectivity index (χ1n) is 19.6. The van der Waals surface area contributed by atoms with Gasteiger partial charge in [-0.05, 0) is 62.1 Å². The van der Waals surface area contributed by atoms with E-state index in [4.69, 9.17) is 14.2 Å². The van der Waals surface area contributed by atoms with Crippen LogP contribution >= 0.6 is 0 Å². The minimum absolute atomic E-state index is 0.0604. The molecule has 1 atom stereocenters. The van der Waals surface area contributed by atoms with Crippen molar-refractivity contribution >= 4 is 51.8 Å². The number of ether oxygens (including phenoxy) is 3. The fourth-order valence-electron chi connectivity index (χ4n) is 7.66. The van der Waals surface area contributed by atoms with Crippen LogP contribution in [0.1, 0.15) is 81.6 Å². The highest BCUT2D eigenvalue weighted by molar-refractivity contribution is 6.25. The molecule has 0 spiro atoms. The summed E-state index contributed by atoms with van der Waals surface area (Å²) in [5.41, 5.74) is 3.28. The Hall–Kier alpha value is -6.09. The quantitative estimate of drug-likeness (QED) is 0.0705. The Morgan fingerprint density at radius 2 is 1.69 bits per heavy atom. The summed E-state index contributed by atoms with van der Waals surface area (Å²) in [4.78, 5) is 73.5. The molecule has 17 nitrogen and oxygen atoms in total. The molecule has 2 aliphatic carbocycles. The number of anilines is 2. The molecule has 3 fully saturated rings. The zero-order valence-corrected chi connectivity index (χ0v) is 31.8. The summed E-state index contributed by atoms with van der Waals surface area (Å²) < 4.78 is 18.8. The molecule has 3 N–H and O–H groups in total. The van der Waals surface area contributed by atoms with Gasteiger partial charge in [-0.1, -0.05) is 6.07 Å². The molecule has 1 unspecified atom stereocenters. The Labute approximate surface area is 333 Å². The minimum Gasteiger partial charge on any atom is -0.382 e. The molecular weight excluding hydrogens is 747 g/mol. The number of nitrogens with zero attached hydrogens (tertiary/aromatic N) is 6. The first kappa shape index (κ1) is 38.8. The number of Topliss-reactive ketones (excluding diaryl/α,β-unsaturated/α-hetero) is 1. The number of aromatic nitrogens is 4. The largest absolute Gasteiger partial charge is 0.382 e. The van der Waals surface area contributed by atoms with E-state index < -0.39 is 29.7 Å². The van der Waals surface area contributed by atoms with Gasteiger partial charge in [-0.2, -0.15) is 15.0 Å². The zero-order chi connectivity index (χ0) is 40.2. The molecule has 58 heavy (non-hydrogen) atoms. The zero-order valence-electron chi connectivity index (χ0n) is 31.8. The molecule has 4 amide bonds. The summed E-state index contributed by atoms with van der Waals surface area (Å²) in [5.74, 6) is -0.872. The maximum absolute atomic E-state index is 13.5. The van der Waals surface area contributed by atoms with Gasteiger partial charge in [-0.3, -0.25) is 34.2 Å². The van der Waals surface area contributed by atoms with E-state index in [0.717, 1.165) is 41.7 Å². The van der Waals surface area contributed by atoms with E-state index >= 15 is 0 Å². The molecule has 2 saturated carbocycles. The number of piperidine rings is 1. The third kappa shape index (κ3) is 8.44. The highest BCUT2D eigenvalue weighted by Gasteiger charge is 2.45. The van der Waals surface area contributed by atoms with Crippen LogP contribution in [0, 0.1) is 23.2 Å². The maximum atomic E-state index is 13.5. The highest BCUT2D eigenvalue weighted by atomic mass is 16.5. The smallest absolute Gasteiger partial charge is 0.264 e. The van der Waals surface area contributed by atoms with Crippen LogP contribution in [0.5, 0.6) is 0 Å². The van der Waals surface area contributed by atoms with Crippen LogP contribution in [0.2, 0.25) is 0 Å². The van der Waals surface area contributed by atoms with Crippen molar-refractivity contribution in [1.29, 1.82) is 5.26 Å². The normalized spacial score (nSPS) is 20.1. The van der Waals surface area contributed by atoms with E-state index in [-0.39, 0.29) is 29.8 Å². The van der Waals surface area contributed by atoms with E-state index in [9.17, 15) is 29.2 Å². The lowest BCUT2D eigenvalue weighted by Gasteiger charge is -2.34. The second-order valence-corrected chi connectivity index (χ2v) is 15.0. The van der Waals surface area contributed by atoms with Crippen molar-refractivity contribution in [2.75, 3.05) is 56.8 Å². The number of carbonyl (C=O) groups excluding carboxylic acids is 5. The van der Waals surface area contributed by atoms with Crippen LogP contribution in [0.25, 0.3) is 16.9 Å². The van der Waals surface area contributed by atoms with Crippen molar-refractivity contribution in [1.82, 2.24) is 30.0 Å². The number of nitriles is 1. The first-order valence-corrected chi connectivity index (χ1v) is 19.6. The number of pyridine rings is 2. The molecule has 300 valence electrons. The molecule has 4 aliphatic rings. The van der Waals surface area contributed by atoms with E-state index in [1.807, 2.05) is 6.07 Å². The van der Waals surface area contributed by atoms with Crippen LogP contribution < -0.4 is 16.0 Å². The predicted molar refractivity (Wildman–Crippen MR) is 207 cm³/mol. The lowest BCUT2D eigenvalue weighted by molar-refractivity contribution is -0.136. The van der Waals surface area contributed by atoms with E-state index in [1.165, 1.54) is 6.20 Å². The number of hydrogen-bond acceptors (Lipinski definition) is 14. The molecule has 0 radical (unpaired) electrons. The molecule has 3 aromatic heterocycles. The molecule has 4 aromatic rings. The van der Waals surface area contributed by atoms with Crippen LogP contribution in [0.15, 0.2) is 48.9 Å². The molecule has 5 heterocycles. The number of benzene rings is 1. The monoisotopic (exact) mass is 789 g/mol. The number of nitrogens with one attached hydrogen (secondary N) is 3. The third-order valence-corrected chi connectivity index (χ3v) is 10.8. The number of rotatable bonds is 19. The standard InChI is InChI=1S/C41H43N9O8/c42-19-26-16-27-21-46-50(38(27)45-20-26)35-18-32(47-28-4-5-28)30(22-44-35)34(51)17-24-14-25(15-24)23-58-13-12-57-11-10-56-9-8-43-31-3-1-2-29-37(31)41(55)49(40(29)54)33-6-7-36(52)48-39(33)53/h1-3,16,18,20-22,24-25,28,33,43H,4-15,17,23H2,(H,44,47)(H,48,52,53). The predicted octanol–water partition coefficient (Wildman–Crippen LogP) is 3.42. The van der Waals surface area contributed by atoms with Crippen molar-refractivity contribution in [3.63, 3.8) is 0 Å². The highest BCUT2D eigenvalue weighted by Crippen LogP contribution is 2.38. The Balaban J connectivity index is 0.698. The number of imide groups is 2. The summed E-state index contributed by atoms with van der Waals surface area (Å²) in [5, 5.41) is 23.2. The summed E-state index contributed by atoms with van der Waals surface area (Å²) in [6.45, 7) is 2.96. The molecule has 2 aliphatic heterocycles. The van der Waals surface area contributed by atoms with E-state index in [2.05, 4.69) is 37.1 Å². The second kappa shape index (κ2) is 17.2. The molecule has 8 rings (SSSR count). The average molecular weight is 790 g/mol. The second-order valence-electron chi connectivity index (χ2n) is 15.0. The van der Waals surface area contributed by atoms with Crippen LogP contribution in [-0.4, -0.2) is 112 Å². The number of amides is 4. The van der Waals surface area contributed by atoms with Gasteiger partial charge in [0.15, 0.2) is 17.2 Å². The molecular formula is C41H43N9O8. The van der Waals surface area contributed by atoms with Crippen molar-refractivity contribution in [2.24, 2.45) is 11.8 Å². The van der Waals surface area contributed by atoms with Gasteiger partial charge in [-0.25, -0.2) is 9.97 Å². The lowest BCUT2D eigenvalue weighted by Crippen LogP contribution is -2.54. The van der Waals surface area contributed by atoms with E-state index in [0.29, 0.717) is 98.8 Å². The summed E-state index contributed by atoms with van der Waals surface area (Å²) in [6, 6.07) is 9.92. The van der Waals surface area contributed by atoms with Crippen LogP contribution in [0.4, 0.5) is 11.4 Å². The van der Waals surface area contributed by atoms with Gasteiger partial charge in [0, 0.05) is 61.6 Å². The topological polar surface area (TPSA) is 220 Å². The van der Waals surface area contributed by atoms with Crippen molar-refractivity contribution in [3.05, 3.63) is 71.2 Å². The fourth-order valence-corrected chi connectivity index (χ4v) is 7.66. The number of fused-ring (bicyclic) bond motifs is 2. The first-order chi connectivity index (χ1) is 28.3. The summed E-state index contributed by atoms with van der Waals surface area (Å²) in [7, 11) is 0. The maximum Gasteiger partial charge on any atom is 0.264 e. The van der Waals surface area contributed by atoms with E-state index in [1.54, 1.807) is 41.3 Å². The fraction of sp³-hybridized carbons (Fsp3) is 0.439. The number of ketones is 1. The Kier molecular flexibility index (Phi) is 11.5. The summed E-state index contributed by atoms with van der Waals surface area (Å²) in [6.07, 6.45) is 9.36.